The second-order valence-corrected chi connectivity index (χ2v) is 6.85. The fourth-order valence-corrected chi connectivity index (χ4v) is 2.93. The van der Waals surface area contributed by atoms with E-state index < -0.39 is 0 Å². The second kappa shape index (κ2) is 8.50. The van der Waals surface area contributed by atoms with Gasteiger partial charge in [0.15, 0.2) is 0 Å². The van der Waals surface area contributed by atoms with Crippen molar-refractivity contribution in [3.8, 4) is 0 Å². The van der Waals surface area contributed by atoms with Crippen LogP contribution >= 0.6 is 0 Å². The number of aromatic nitrogens is 1. The van der Waals surface area contributed by atoms with Gasteiger partial charge < -0.3 is 10.1 Å². The summed E-state index contributed by atoms with van der Waals surface area (Å²) in [6, 6.07) is 6.24. The van der Waals surface area contributed by atoms with Gasteiger partial charge in [-0.15, -0.1) is 0 Å². The number of hydrogen-bond acceptors (Lipinski definition) is 3. The lowest BCUT2D eigenvalue weighted by atomic mass is 9.89. The first-order valence-corrected chi connectivity index (χ1v) is 8.40. The van der Waals surface area contributed by atoms with Crippen LogP contribution in [-0.2, 0) is 17.9 Å². The van der Waals surface area contributed by atoms with E-state index in [9.17, 15) is 0 Å². The minimum atomic E-state index is 0.429. The minimum Gasteiger partial charge on any atom is -0.372 e. The van der Waals surface area contributed by atoms with Crippen LogP contribution in [0.25, 0.3) is 0 Å². The molecule has 1 heterocycles. The van der Waals surface area contributed by atoms with E-state index in [0.717, 1.165) is 30.4 Å². The van der Waals surface area contributed by atoms with Crippen LogP contribution in [0.3, 0.4) is 0 Å². The van der Waals surface area contributed by atoms with Crippen LogP contribution in [0.2, 0.25) is 0 Å². The van der Waals surface area contributed by atoms with Gasteiger partial charge in [0, 0.05) is 6.54 Å². The normalized spacial score (nSPS) is 22.7. The number of rotatable bonds is 7. The fraction of sp³-hybridized carbons (Fsp3) is 0.722. The summed E-state index contributed by atoms with van der Waals surface area (Å²) in [5, 5.41) is 3.44. The SMILES string of the molecule is CC(C)CNCc1cccc(COC2CCCC(C)C2)n1. The first-order valence-electron chi connectivity index (χ1n) is 8.40. The van der Waals surface area contributed by atoms with E-state index in [0.29, 0.717) is 18.6 Å². The highest BCUT2D eigenvalue weighted by atomic mass is 16.5. The van der Waals surface area contributed by atoms with Gasteiger partial charge in [-0.2, -0.15) is 0 Å². The van der Waals surface area contributed by atoms with E-state index in [2.05, 4.69) is 49.3 Å². The van der Waals surface area contributed by atoms with E-state index in [1.165, 1.54) is 25.7 Å². The van der Waals surface area contributed by atoms with Gasteiger partial charge in [-0.1, -0.05) is 39.7 Å². The molecule has 1 saturated carbocycles. The summed E-state index contributed by atoms with van der Waals surface area (Å²) in [5.74, 6) is 1.48. The highest BCUT2D eigenvalue weighted by Gasteiger charge is 2.19. The standard InChI is InChI=1S/C18H30N2O/c1-14(2)11-19-12-16-7-5-8-17(20-16)13-21-18-9-4-6-15(3)10-18/h5,7-8,14-15,18-19H,4,6,9-13H2,1-3H3. The van der Waals surface area contributed by atoms with Crippen molar-refractivity contribution in [3.05, 3.63) is 29.6 Å². The molecule has 3 heteroatoms. The van der Waals surface area contributed by atoms with Gasteiger partial charge in [0.25, 0.3) is 0 Å². The number of nitrogens with one attached hydrogen (secondary N) is 1. The smallest absolute Gasteiger partial charge is 0.0891 e. The van der Waals surface area contributed by atoms with Crippen molar-refractivity contribution in [1.82, 2.24) is 10.3 Å². The zero-order valence-corrected chi connectivity index (χ0v) is 13.8. The van der Waals surface area contributed by atoms with E-state index in [1.807, 2.05) is 0 Å². The van der Waals surface area contributed by atoms with Crippen LogP contribution in [0.1, 0.15) is 57.8 Å². The van der Waals surface area contributed by atoms with E-state index in [4.69, 9.17) is 4.74 Å². The predicted molar refractivity (Wildman–Crippen MR) is 87.0 cm³/mol. The summed E-state index contributed by atoms with van der Waals surface area (Å²) in [6.45, 7) is 9.28. The predicted octanol–water partition coefficient (Wildman–Crippen LogP) is 3.92. The highest BCUT2D eigenvalue weighted by Crippen LogP contribution is 2.26. The monoisotopic (exact) mass is 290 g/mol. The fourth-order valence-electron chi connectivity index (χ4n) is 2.93. The zero-order valence-electron chi connectivity index (χ0n) is 13.8. The maximum atomic E-state index is 6.05. The largest absolute Gasteiger partial charge is 0.372 e. The van der Waals surface area contributed by atoms with E-state index in [1.54, 1.807) is 0 Å². The molecule has 0 radical (unpaired) electrons. The Hall–Kier alpha value is -0.930. The molecule has 1 aliphatic rings. The molecule has 1 N–H and O–H groups in total. The topological polar surface area (TPSA) is 34.1 Å². The maximum absolute atomic E-state index is 6.05. The van der Waals surface area contributed by atoms with Crippen molar-refractivity contribution in [3.63, 3.8) is 0 Å². The number of hydrogen-bond donors (Lipinski definition) is 1. The van der Waals surface area contributed by atoms with Gasteiger partial charge in [-0.25, -0.2) is 0 Å². The van der Waals surface area contributed by atoms with Gasteiger partial charge in [0.2, 0.25) is 0 Å². The molecule has 2 atom stereocenters. The quantitative estimate of drug-likeness (QED) is 0.826. The van der Waals surface area contributed by atoms with Crippen molar-refractivity contribution in [1.29, 1.82) is 0 Å². The van der Waals surface area contributed by atoms with Crippen molar-refractivity contribution >= 4 is 0 Å². The maximum Gasteiger partial charge on any atom is 0.0891 e. The van der Waals surface area contributed by atoms with Crippen LogP contribution in [0.4, 0.5) is 0 Å². The van der Waals surface area contributed by atoms with Crippen LogP contribution in [-0.4, -0.2) is 17.6 Å². The Kier molecular flexibility index (Phi) is 6.65. The van der Waals surface area contributed by atoms with Crippen molar-refractivity contribution in [2.45, 2.75) is 65.7 Å². The van der Waals surface area contributed by atoms with Crippen molar-refractivity contribution in [2.24, 2.45) is 11.8 Å². The zero-order chi connectivity index (χ0) is 15.1. The van der Waals surface area contributed by atoms with Gasteiger partial charge in [-0.3, -0.25) is 4.98 Å². The van der Waals surface area contributed by atoms with Gasteiger partial charge in [-0.05, 0) is 43.4 Å². The third-order valence-corrected chi connectivity index (χ3v) is 4.08. The molecule has 1 aliphatic carbocycles. The van der Waals surface area contributed by atoms with Crippen LogP contribution < -0.4 is 5.32 Å². The summed E-state index contributed by atoms with van der Waals surface area (Å²) < 4.78 is 6.05. The lowest BCUT2D eigenvalue weighted by molar-refractivity contribution is 0.00314. The number of pyridine rings is 1. The molecule has 2 rings (SSSR count). The first-order chi connectivity index (χ1) is 10.1. The molecule has 21 heavy (non-hydrogen) atoms. The van der Waals surface area contributed by atoms with Crippen LogP contribution in [0.15, 0.2) is 18.2 Å². The van der Waals surface area contributed by atoms with E-state index in [-0.39, 0.29) is 0 Å². The molecule has 0 bridgehead atoms. The molecule has 2 unspecified atom stereocenters. The summed E-state index contributed by atoms with van der Waals surface area (Å²) in [5.41, 5.74) is 2.16. The van der Waals surface area contributed by atoms with Gasteiger partial charge in [0.1, 0.15) is 0 Å². The lowest BCUT2D eigenvalue weighted by Crippen LogP contribution is -2.22. The van der Waals surface area contributed by atoms with Crippen molar-refractivity contribution in [2.75, 3.05) is 6.54 Å². The average molecular weight is 290 g/mol. The Bertz CT molecular complexity index is 419. The highest BCUT2D eigenvalue weighted by molar-refractivity contribution is 5.10. The summed E-state index contributed by atoms with van der Waals surface area (Å²) in [7, 11) is 0. The number of ether oxygens (including phenoxy) is 1. The third-order valence-electron chi connectivity index (χ3n) is 4.08. The Labute approximate surface area is 129 Å². The molecule has 1 aromatic heterocycles. The number of nitrogens with zero attached hydrogens (tertiary/aromatic N) is 1. The average Bonchev–Trinajstić information content (AvgIpc) is 2.45. The summed E-state index contributed by atoms with van der Waals surface area (Å²) >= 11 is 0. The molecule has 1 aromatic rings. The van der Waals surface area contributed by atoms with Gasteiger partial charge in [0.05, 0.1) is 24.1 Å². The molecule has 0 spiro atoms. The van der Waals surface area contributed by atoms with E-state index >= 15 is 0 Å². The Morgan fingerprint density at radius 2 is 2.10 bits per heavy atom. The van der Waals surface area contributed by atoms with Crippen LogP contribution in [0.5, 0.6) is 0 Å². The molecule has 118 valence electrons. The summed E-state index contributed by atoms with van der Waals surface area (Å²) in [6.07, 6.45) is 5.50. The third kappa shape index (κ3) is 6.15. The molecule has 3 nitrogen and oxygen atoms in total. The Morgan fingerprint density at radius 3 is 2.86 bits per heavy atom. The molecule has 0 aliphatic heterocycles. The molecular weight excluding hydrogens is 260 g/mol. The first kappa shape index (κ1) is 16.4. The Balaban J connectivity index is 1.77. The van der Waals surface area contributed by atoms with Crippen LogP contribution in [0, 0.1) is 11.8 Å². The molecule has 0 amide bonds. The second-order valence-electron chi connectivity index (χ2n) is 6.85. The molecule has 0 saturated heterocycles. The lowest BCUT2D eigenvalue weighted by Gasteiger charge is -2.26. The molecular formula is C18H30N2O. The van der Waals surface area contributed by atoms with Gasteiger partial charge >= 0.3 is 0 Å². The summed E-state index contributed by atoms with van der Waals surface area (Å²) in [4.78, 5) is 4.69. The Morgan fingerprint density at radius 1 is 1.29 bits per heavy atom. The molecule has 0 aromatic carbocycles. The molecule has 1 fully saturated rings. The van der Waals surface area contributed by atoms with Crippen molar-refractivity contribution < 1.29 is 4.74 Å². The minimum absolute atomic E-state index is 0.429.